The number of hydrogen-bond acceptors (Lipinski definition) is 5. The second kappa shape index (κ2) is 9.65. The lowest BCUT2D eigenvalue weighted by Crippen LogP contribution is -2.44. The summed E-state index contributed by atoms with van der Waals surface area (Å²) in [5.41, 5.74) is 1.91. The number of ether oxygens (including phenoxy) is 1. The molecule has 3 heterocycles. The summed E-state index contributed by atoms with van der Waals surface area (Å²) in [4.78, 5) is 19.9. The van der Waals surface area contributed by atoms with E-state index in [1.54, 1.807) is 51.9 Å². The Hall–Kier alpha value is -3.46. The van der Waals surface area contributed by atoms with Crippen molar-refractivity contribution in [1.82, 2.24) is 19.0 Å². The van der Waals surface area contributed by atoms with Crippen LogP contribution in [0.4, 0.5) is 4.39 Å². The first-order valence-electron chi connectivity index (χ1n) is 11.3. The number of aromatic nitrogens is 3. The first kappa shape index (κ1) is 23.3. The van der Waals surface area contributed by atoms with Crippen molar-refractivity contribution in [2.75, 3.05) is 13.1 Å². The molecule has 0 aliphatic carbocycles. The number of pyridine rings is 1. The highest BCUT2D eigenvalue weighted by Crippen LogP contribution is 2.32. The van der Waals surface area contributed by atoms with E-state index in [0.29, 0.717) is 23.5 Å². The number of imidazole rings is 1. The molecule has 1 unspecified atom stereocenters. The highest BCUT2D eigenvalue weighted by atomic mass is 35.5. The van der Waals surface area contributed by atoms with Crippen LogP contribution in [0.2, 0.25) is 5.02 Å². The van der Waals surface area contributed by atoms with E-state index < -0.39 is 12.0 Å². The minimum atomic E-state index is -0.748. The van der Waals surface area contributed by atoms with Crippen molar-refractivity contribution in [3.05, 3.63) is 94.9 Å². The smallest absolute Gasteiger partial charge is 0.334 e. The maximum Gasteiger partial charge on any atom is 0.334 e. The zero-order chi connectivity index (χ0) is 24.5. The molecule has 0 bridgehead atoms. The number of aliphatic hydroxyl groups is 1. The molecule has 0 amide bonds. The van der Waals surface area contributed by atoms with Gasteiger partial charge in [0.2, 0.25) is 0 Å². The molecule has 1 aliphatic rings. The summed E-state index contributed by atoms with van der Waals surface area (Å²) in [6.45, 7) is 4.96. The number of likely N-dealkylation sites (tertiary alicyclic amines) is 1. The van der Waals surface area contributed by atoms with Crippen LogP contribution >= 0.6 is 11.6 Å². The number of benzene rings is 2. The molecule has 5 rings (SSSR count). The first-order valence-corrected chi connectivity index (χ1v) is 11.7. The summed E-state index contributed by atoms with van der Waals surface area (Å²) in [6.07, 6.45) is 5.77. The zero-order valence-electron chi connectivity index (χ0n) is 18.8. The van der Waals surface area contributed by atoms with Crippen molar-refractivity contribution in [2.24, 2.45) is 0 Å². The van der Waals surface area contributed by atoms with Gasteiger partial charge in [-0.25, -0.2) is 9.18 Å². The molecular formula is C26H24ClFN4O3. The zero-order valence-corrected chi connectivity index (χ0v) is 19.6. The van der Waals surface area contributed by atoms with E-state index in [9.17, 15) is 14.3 Å². The van der Waals surface area contributed by atoms with Gasteiger partial charge in [-0.15, -0.1) is 0 Å². The molecule has 2 aromatic heterocycles. The number of piperidine rings is 1. The average molecular weight is 495 g/mol. The molecule has 0 saturated carbocycles. The minimum absolute atomic E-state index is 0.0926. The molecule has 4 aromatic rings. The van der Waals surface area contributed by atoms with Crippen molar-refractivity contribution in [3.8, 4) is 17.2 Å². The largest absolute Gasteiger partial charge is 0.456 e. The molecule has 1 N–H and O–H groups in total. The molecule has 0 spiro atoms. The lowest BCUT2D eigenvalue weighted by molar-refractivity contribution is 0.0138. The molecule has 0 radical (unpaired) electrons. The second-order valence-corrected chi connectivity index (χ2v) is 8.82. The van der Waals surface area contributed by atoms with Crippen LogP contribution in [-0.2, 0) is 0 Å². The average Bonchev–Trinajstić information content (AvgIpc) is 3.18. The fourth-order valence-electron chi connectivity index (χ4n) is 4.61. The highest BCUT2D eigenvalue weighted by molar-refractivity contribution is 6.32. The quantitative estimate of drug-likeness (QED) is 0.385. The number of halogens is 2. The third kappa shape index (κ3) is 4.36. The summed E-state index contributed by atoms with van der Waals surface area (Å²) in [6, 6.07) is 13.0. The SMILES string of the molecule is C=CC(O)N1CCC[C@@H](n2c(=O)n(-c3ccc(Oc4cccc(F)c4Cl)cc3)c3cnccc32)C1. The van der Waals surface area contributed by atoms with Crippen LogP contribution in [0.1, 0.15) is 18.9 Å². The molecule has 180 valence electrons. The molecule has 1 fully saturated rings. The number of rotatable bonds is 6. The maximum absolute atomic E-state index is 13.7. The van der Waals surface area contributed by atoms with Gasteiger partial charge in [0, 0.05) is 19.3 Å². The molecule has 7 nitrogen and oxygen atoms in total. The van der Waals surface area contributed by atoms with Crippen LogP contribution in [-0.4, -0.2) is 43.4 Å². The van der Waals surface area contributed by atoms with Crippen molar-refractivity contribution in [3.63, 3.8) is 0 Å². The van der Waals surface area contributed by atoms with Gasteiger partial charge in [0.05, 0.1) is 29.0 Å². The van der Waals surface area contributed by atoms with Gasteiger partial charge >= 0.3 is 5.69 Å². The van der Waals surface area contributed by atoms with Crippen molar-refractivity contribution in [2.45, 2.75) is 25.1 Å². The molecule has 9 heteroatoms. The fraction of sp³-hybridized carbons (Fsp3) is 0.231. The summed E-state index contributed by atoms with van der Waals surface area (Å²) >= 11 is 5.99. The van der Waals surface area contributed by atoms with E-state index in [2.05, 4.69) is 11.6 Å². The van der Waals surface area contributed by atoms with Crippen LogP contribution in [0.3, 0.4) is 0 Å². The third-order valence-corrected chi connectivity index (χ3v) is 6.66. The molecule has 1 saturated heterocycles. The predicted molar refractivity (Wildman–Crippen MR) is 133 cm³/mol. The van der Waals surface area contributed by atoms with Crippen molar-refractivity contribution < 1.29 is 14.2 Å². The van der Waals surface area contributed by atoms with Gasteiger partial charge in [-0.1, -0.05) is 24.2 Å². The topological polar surface area (TPSA) is 72.5 Å². The Bertz CT molecular complexity index is 1430. The molecule has 2 aromatic carbocycles. The van der Waals surface area contributed by atoms with Crippen LogP contribution in [0, 0.1) is 5.82 Å². The Kier molecular flexibility index (Phi) is 6.42. The second-order valence-electron chi connectivity index (χ2n) is 8.44. The summed E-state index contributed by atoms with van der Waals surface area (Å²) in [5, 5.41) is 10.1. The van der Waals surface area contributed by atoms with Gasteiger partial charge in [0.1, 0.15) is 28.6 Å². The molecule has 35 heavy (non-hydrogen) atoms. The van der Waals surface area contributed by atoms with Crippen LogP contribution in [0.15, 0.2) is 78.4 Å². The third-order valence-electron chi connectivity index (χ3n) is 6.29. The Labute approximate surface area is 206 Å². The van der Waals surface area contributed by atoms with Crippen LogP contribution in [0.25, 0.3) is 16.7 Å². The van der Waals surface area contributed by atoms with Crippen LogP contribution in [0.5, 0.6) is 11.5 Å². The Morgan fingerprint density at radius 2 is 2.00 bits per heavy atom. The molecule has 2 atom stereocenters. The van der Waals surface area contributed by atoms with Gasteiger partial charge in [-0.05, 0) is 61.4 Å². The molecular weight excluding hydrogens is 471 g/mol. The van der Waals surface area contributed by atoms with Gasteiger partial charge in [0.15, 0.2) is 0 Å². The minimum Gasteiger partial charge on any atom is -0.456 e. The Morgan fingerprint density at radius 3 is 2.77 bits per heavy atom. The van der Waals surface area contributed by atoms with Crippen molar-refractivity contribution in [1.29, 1.82) is 0 Å². The summed E-state index contributed by atoms with van der Waals surface area (Å²) in [7, 11) is 0. The monoisotopic (exact) mass is 494 g/mol. The Morgan fingerprint density at radius 1 is 1.20 bits per heavy atom. The number of nitrogens with zero attached hydrogens (tertiary/aromatic N) is 4. The summed E-state index contributed by atoms with van der Waals surface area (Å²) in [5.74, 6) is 0.105. The van der Waals surface area contributed by atoms with Crippen molar-refractivity contribution >= 4 is 22.6 Å². The summed E-state index contributed by atoms with van der Waals surface area (Å²) < 4.78 is 22.9. The van der Waals surface area contributed by atoms with E-state index in [4.69, 9.17) is 16.3 Å². The predicted octanol–water partition coefficient (Wildman–Crippen LogP) is 4.91. The lowest BCUT2D eigenvalue weighted by atomic mass is 10.0. The first-order chi connectivity index (χ1) is 17.0. The van der Waals surface area contributed by atoms with Gasteiger partial charge in [-0.3, -0.25) is 19.0 Å². The number of fused-ring (bicyclic) bond motifs is 1. The maximum atomic E-state index is 13.7. The van der Waals surface area contributed by atoms with Crippen LogP contribution < -0.4 is 10.4 Å². The van der Waals surface area contributed by atoms with E-state index in [-0.39, 0.29) is 22.5 Å². The van der Waals surface area contributed by atoms with Gasteiger partial charge in [-0.2, -0.15) is 0 Å². The standard InChI is InChI=1S/C26H24ClFN4O3/c1-2-24(33)30-14-4-5-18(16-30)32-21-12-13-29-15-22(21)31(26(32)34)17-8-10-19(11-9-17)35-23-7-3-6-20(28)25(23)27/h2-3,6-13,15,18,24,33H,1,4-5,14,16H2/t18-,24?/m1/s1. The van der Waals surface area contributed by atoms with E-state index in [1.165, 1.54) is 18.2 Å². The highest BCUT2D eigenvalue weighted by Gasteiger charge is 2.28. The Balaban J connectivity index is 1.51. The normalized spacial score (nSPS) is 17.4. The number of hydrogen-bond donors (Lipinski definition) is 1. The van der Waals surface area contributed by atoms with E-state index >= 15 is 0 Å². The van der Waals surface area contributed by atoms with Gasteiger partial charge < -0.3 is 9.84 Å². The molecule has 1 aliphatic heterocycles. The fourth-order valence-corrected chi connectivity index (χ4v) is 4.77. The van der Waals surface area contributed by atoms with Gasteiger partial charge in [0.25, 0.3) is 0 Å². The van der Waals surface area contributed by atoms with E-state index in [1.807, 2.05) is 11.0 Å². The lowest BCUT2D eigenvalue weighted by Gasteiger charge is -2.35. The number of aliphatic hydroxyl groups excluding tert-OH is 1. The van der Waals surface area contributed by atoms with E-state index in [0.717, 1.165) is 24.9 Å².